The second-order valence-corrected chi connectivity index (χ2v) is 17.1. The number of alkyl carbamates (subject to hydrolysis) is 1. The summed E-state index contributed by atoms with van der Waals surface area (Å²) in [5, 5.41) is 2.74. The van der Waals surface area contributed by atoms with Crippen molar-refractivity contribution in [2.75, 3.05) is 25.7 Å². The highest BCUT2D eigenvalue weighted by atomic mass is 16.5. The van der Waals surface area contributed by atoms with Gasteiger partial charge in [-0.15, -0.1) is 0 Å². The highest BCUT2D eigenvalue weighted by Gasteiger charge is 2.43. The maximum Gasteiger partial charge on any atom is 0.407 e. The van der Waals surface area contributed by atoms with E-state index in [2.05, 4.69) is 27.4 Å². The SMILES string of the molecule is COC(=O)C[C@H](C(=O)N1CCC[C@H]1c1nc2ccc(-c3cnc4cc(-c5ccc6nc([C@@H]7Cc8cccc9c8N7C(=O)[C@@H](NC(=O)OC)CC9)[nH]c6c5)ccc4n3)cc2[nH]1)C(C)C. The number of methoxy groups -OCH3 is 2. The van der Waals surface area contributed by atoms with E-state index in [-0.39, 0.29) is 42.2 Å². The fourth-order valence-electron chi connectivity index (χ4n) is 9.63. The first-order valence-electron chi connectivity index (χ1n) is 21.5. The van der Waals surface area contributed by atoms with E-state index in [4.69, 9.17) is 29.4 Å². The third-order valence-electron chi connectivity index (χ3n) is 13.0. The molecule has 15 heteroatoms. The molecule has 3 N–H and O–H groups in total. The number of carbonyl (C=O) groups is 4. The number of aromatic nitrogens is 6. The summed E-state index contributed by atoms with van der Waals surface area (Å²) in [5.41, 5.74) is 11.4. The van der Waals surface area contributed by atoms with Crippen molar-refractivity contribution in [1.82, 2.24) is 40.1 Å². The summed E-state index contributed by atoms with van der Waals surface area (Å²) in [6.07, 6.45) is 4.58. The van der Waals surface area contributed by atoms with E-state index in [9.17, 15) is 19.2 Å². The number of imidazole rings is 2. The number of fused-ring (bicyclic) bond motifs is 3. The number of hydrogen-bond donors (Lipinski definition) is 3. The Morgan fingerprint density at radius 2 is 1.48 bits per heavy atom. The summed E-state index contributed by atoms with van der Waals surface area (Å²) >= 11 is 0. The zero-order valence-electron chi connectivity index (χ0n) is 35.5. The zero-order valence-corrected chi connectivity index (χ0v) is 35.5. The molecule has 3 amide bonds. The van der Waals surface area contributed by atoms with Gasteiger partial charge in [-0.3, -0.25) is 24.3 Å². The quantitative estimate of drug-likeness (QED) is 0.123. The zero-order chi connectivity index (χ0) is 43.5. The molecule has 0 aliphatic carbocycles. The molecular weight excluding hydrogens is 799 g/mol. The lowest BCUT2D eigenvalue weighted by Crippen LogP contribution is -2.48. The maximum atomic E-state index is 14.0. The molecule has 63 heavy (non-hydrogen) atoms. The lowest BCUT2D eigenvalue weighted by atomic mass is 9.91. The Morgan fingerprint density at radius 1 is 0.794 bits per heavy atom. The second-order valence-electron chi connectivity index (χ2n) is 17.1. The Bertz CT molecular complexity index is 2980. The van der Waals surface area contributed by atoms with Gasteiger partial charge in [0, 0.05) is 18.5 Å². The number of ether oxygens (including phenoxy) is 2. The van der Waals surface area contributed by atoms with Crippen molar-refractivity contribution in [3.63, 3.8) is 0 Å². The molecule has 3 aromatic heterocycles. The van der Waals surface area contributed by atoms with Gasteiger partial charge in [0.05, 0.1) is 89.3 Å². The number of carbonyl (C=O) groups excluding carboxylic acids is 4. The molecule has 3 aliphatic heterocycles. The number of esters is 1. The normalized spacial score (nSPS) is 18.9. The van der Waals surface area contributed by atoms with Crippen LogP contribution < -0.4 is 10.2 Å². The molecular formula is C48H47N9O6. The first-order chi connectivity index (χ1) is 30.6. The van der Waals surface area contributed by atoms with Crippen LogP contribution in [0.5, 0.6) is 0 Å². The molecule has 7 aromatic rings. The van der Waals surface area contributed by atoms with Crippen LogP contribution in [0.25, 0.3) is 55.5 Å². The molecule has 0 radical (unpaired) electrons. The maximum absolute atomic E-state index is 14.0. The van der Waals surface area contributed by atoms with Gasteiger partial charge in [0.25, 0.3) is 0 Å². The van der Waals surface area contributed by atoms with E-state index in [0.29, 0.717) is 31.6 Å². The number of anilines is 1. The molecule has 4 aromatic carbocycles. The number of para-hydroxylation sites is 1. The highest BCUT2D eigenvalue weighted by molar-refractivity contribution is 6.02. The predicted molar refractivity (Wildman–Crippen MR) is 236 cm³/mol. The molecule has 1 fully saturated rings. The standard InChI is InChI=1S/C48H47N9O6/c1-25(2)31(23-42(58)62-3)46(59)56-18-6-9-40(56)44-51-34-16-13-29(21-38(34)53-44)39-24-49-36-19-27(11-14-32(36)50-39)28-12-15-33-37(20-28)54-45(52-33)41-22-30-8-5-7-26-10-17-35(55-48(61)63-4)47(60)57(41)43(26)30/h5,7-8,11-16,19-21,24-25,31,35,40-41H,6,9-10,17-18,22-23H2,1-4H3,(H,51,53)(H,52,54)(H,55,61)/t31-,35-,40-,41-/m0/s1. The smallest absolute Gasteiger partial charge is 0.407 e. The van der Waals surface area contributed by atoms with Crippen LogP contribution in [0.2, 0.25) is 0 Å². The molecule has 320 valence electrons. The van der Waals surface area contributed by atoms with Gasteiger partial charge in [-0.05, 0) is 90.3 Å². The Hall–Kier alpha value is -7.16. The van der Waals surface area contributed by atoms with Crippen molar-refractivity contribution in [3.05, 3.63) is 102 Å². The van der Waals surface area contributed by atoms with Crippen molar-refractivity contribution >= 4 is 62.7 Å². The number of benzene rings is 4. The number of hydrogen-bond acceptors (Lipinski definition) is 10. The third-order valence-corrected chi connectivity index (χ3v) is 13.0. The Morgan fingerprint density at radius 3 is 2.21 bits per heavy atom. The van der Waals surface area contributed by atoms with Gasteiger partial charge in [-0.1, -0.05) is 50.2 Å². The van der Waals surface area contributed by atoms with Crippen LogP contribution in [-0.2, 0) is 36.7 Å². The number of aryl methyl sites for hydroxylation is 1. The van der Waals surface area contributed by atoms with Crippen LogP contribution in [0.4, 0.5) is 10.5 Å². The fraction of sp³-hybridized carbons (Fsp3) is 0.333. The van der Waals surface area contributed by atoms with Gasteiger partial charge >= 0.3 is 12.1 Å². The van der Waals surface area contributed by atoms with Gasteiger partial charge < -0.3 is 29.7 Å². The Labute approximate surface area is 362 Å². The van der Waals surface area contributed by atoms with Crippen LogP contribution in [-0.4, -0.2) is 85.5 Å². The first-order valence-corrected chi connectivity index (χ1v) is 21.5. The minimum Gasteiger partial charge on any atom is -0.469 e. The molecule has 15 nitrogen and oxygen atoms in total. The molecule has 1 saturated heterocycles. The van der Waals surface area contributed by atoms with E-state index in [1.54, 1.807) is 6.20 Å². The predicted octanol–water partition coefficient (Wildman–Crippen LogP) is 7.52. The minimum atomic E-state index is -0.715. The summed E-state index contributed by atoms with van der Waals surface area (Å²) < 4.78 is 9.72. The average molecular weight is 846 g/mol. The summed E-state index contributed by atoms with van der Waals surface area (Å²) in [5.74, 6) is 0.331. The van der Waals surface area contributed by atoms with Crippen LogP contribution in [0.3, 0.4) is 0 Å². The number of likely N-dealkylation sites (tertiary alicyclic amines) is 1. The number of nitrogens with zero attached hydrogens (tertiary/aromatic N) is 6. The van der Waals surface area contributed by atoms with Crippen LogP contribution in [0, 0.1) is 11.8 Å². The Balaban J connectivity index is 0.883. The van der Waals surface area contributed by atoms with Gasteiger partial charge in [0.1, 0.15) is 17.7 Å². The summed E-state index contributed by atoms with van der Waals surface area (Å²) in [6.45, 7) is 4.53. The first kappa shape index (κ1) is 39.9. The van der Waals surface area contributed by atoms with Crippen LogP contribution in [0.15, 0.2) is 79.0 Å². The summed E-state index contributed by atoms with van der Waals surface area (Å²) in [4.78, 5) is 82.5. The largest absolute Gasteiger partial charge is 0.469 e. The van der Waals surface area contributed by atoms with Gasteiger partial charge in [0.15, 0.2) is 0 Å². The van der Waals surface area contributed by atoms with Crippen molar-refractivity contribution in [2.24, 2.45) is 11.8 Å². The van der Waals surface area contributed by atoms with Crippen molar-refractivity contribution in [3.8, 4) is 22.4 Å². The van der Waals surface area contributed by atoms with Gasteiger partial charge in [-0.2, -0.15) is 0 Å². The number of aromatic amines is 2. The third kappa shape index (κ3) is 7.20. The molecule has 3 aliphatic rings. The van der Waals surface area contributed by atoms with Gasteiger partial charge in [-0.25, -0.2) is 19.7 Å². The fourth-order valence-corrected chi connectivity index (χ4v) is 9.63. The topological polar surface area (TPSA) is 188 Å². The van der Waals surface area contributed by atoms with E-state index in [1.807, 2.05) is 84.3 Å². The lowest BCUT2D eigenvalue weighted by Gasteiger charge is -2.29. The van der Waals surface area contributed by atoms with Crippen molar-refractivity contribution < 1.29 is 28.7 Å². The molecule has 6 heterocycles. The van der Waals surface area contributed by atoms with Crippen molar-refractivity contribution in [2.45, 2.75) is 70.5 Å². The Kier molecular flexibility index (Phi) is 10.1. The molecule has 0 bridgehead atoms. The van der Waals surface area contributed by atoms with E-state index >= 15 is 0 Å². The number of amides is 3. The summed E-state index contributed by atoms with van der Waals surface area (Å²) in [7, 11) is 2.65. The van der Waals surface area contributed by atoms with E-state index < -0.39 is 18.1 Å². The molecule has 4 atom stereocenters. The van der Waals surface area contributed by atoms with E-state index in [1.165, 1.54) is 14.2 Å². The van der Waals surface area contributed by atoms with Crippen LogP contribution >= 0.6 is 0 Å². The molecule has 10 rings (SSSR count). The second kappa shape index (κ2) is 15.9. The lowest BCUT2D eigenvalue weighted by molar-refractivity contribution is -0.148. The average Bonchev–Trinajstić information content (AvgIpc) is 4.11. The van der Waals surface area contributed by atoms with Crippen LogP contribution in [0.1, 0.15) is 74.4 Å². The minimum absolute atomic E-state index is 0.0128. The molecule has 0 unspecified atom stereocenters. The van der Waals surface area contributed by atoms with Crippen molar-refractivity contribution in [1.29, 1.82) is 0 Å². The number of H-pyrrole nitrogens is 2. The number of rotatable bonds is 9. The molecule has 0 spiro atoms. The molecule has 0 saturated carbocycles. The highest BCUT2D eigenvalue weighted by Crippen LogP contribution is 2.45. The summed E-state index contributed by atoms with van der Waals surface area (Å²) in [6, 6.07) is 22.9. The van der Waals surface area contributed by atoms with E-state index in [0.717, 1.165) is 91.0 Å². The number of nitrogens with one attached hydrogen (secondary N) is 3. The van der Waals surface area contributed by atoms with Gasteiger partial charge in [0.2, 0.25) is 11.8 Å². The monoisotopic (exact) mass is 845 g/mol.